The number of carbonyl (C=O) groups is 1. The Balaban J connectivity index is 2.24. The Kier molecular flexibility index (Phi) is 5.10. The zero-order chi connectivity index (χ0) is 17.0. The Morgan fingerprint density at radius 3 is 2.57 bits per heavy atom. The van der Waals surface area contributed by atoms with Gasteiger partial charge in [0.2, 0.25) is 5.91 Å². The highest BCUT2D eigenvalue weighted by Gasteiger charge is 2.31. The summed E-state index contributed by atoms with van der Waals surface area (Å²) in [5.41, 5.74) is -0.192. The fourth-order valence-corrected chi connectivity index (χ4v) is 2.54. The van der Waals surface area contributed by atoms with E-state index < -0.39 is 17.6 Å². The van der Waals surface area contributed by atoms with E-state index in [1.54, 1.807) is 25.1 Å². The number of hydrogen-bond donors (Lipinski definition) is 1. The molecule has 0 radical (unpaired) electrons. The van der Waals surface area contributed by atoms with Crippen LogP contribution in [-0.4, -0.2) is 20.0 Å². The van der Waals surface area contributed by atoms with Gasteiger partial charge in [-0.25, -0.2) is 0 Å². The highest BCUT2D eigenvalue weighted by Crippen LogP contribution is 2.34. The zero-order valence-corrected chi connectivity index (χ0v) is 13.3. The Morgan fingerprint density at radius 1 is 1.26 bits per heavy atom. The second kappa shape index (κ2) is 6.87. The number of carbonyl (C=O) groups excluding carboxylic acids is 1. The maximum Gasteiger partial charge on any atom is 0.416 e. The number of halogens is 3. The SMILES string of the molecule is CN(C)c1ccc(C(F)(F)F)cc1NC(=O)/C=C/c1cccs1. The van der Waals surface area contributed by atoms with Crippen LogP contribution < -0.4 is 10.2 Å². The highest BCUT2D eigenvalue weighted by molar-refractivity contribution is 7.10. The molecule has 0 aliphatic heterocycles. The van der Waals surface area contributed by atoms with E-state index in [1.165, 1.54) is 23.5 Å². The van der Waals surface area contributed by atoms with Crippen molar-refractivity contribution in [2.24, 2.45) is 0 Å². The van der Waals surface area contributed by atoms with E-state index in [0.29, 0.717) is 5.69 Å². The van der Waals surface area contributed by atoms with E-state index in [0.717, 1.165) is 17.0 Å². The van der Waals surface area contributed by atoms with Gasteiger partial charge in [0.25, 0.3) is 0 Å². The number of rotatable bonds is 4. The van der Waals surface area contributed by atoms with Crippen LogP contribution in [0.1, 0.15) is 10.4 Å². The third kappa shape index (κ3) is 4.59. The molecular formula is C16H15F3N2OS. The number of nitrogens with one attached hydrogen (secondary N) is 1. The molecule has 0 atom stereocenters. The third-order valence-electron chi connectivity index (χ3n) is 3.01. The van der Waals surface area contributed by atoms with E-state index >= 15 is 0 Å². The molecule has 3 nitrogen and oxygen atoms in total. The van der Waals surface area contributed by atoms with Crippen LogP contribution in [-0.2, 0) is 11.0 Å². The first-order chi connectivity index (χ1) is 10.8. The molecule has 0 saturated carbocycles. The normalized spacial score (nSPS) is 11.7. The molecule has 0 bridgehead atoms. The van der Waals surface area contributed by atoms with Crippen molar-refractivity contribution in [3.63, 3.8) is 0 Å². The molecule has 7 heteroatoms. The summed E-state index contributed by atoms with van der Waals surface area (Å²) in [5.74, 6) is -0.485. The molecule has 0 spiro atoms. The molecular weight excluding hydrogens is 325 g/mol. The summed E-state index contributed by atoms with van der Waals surface area (Å²) in [6.45, 7) is 0. The highest BCUT2D eigenvalue weighted by atomic mass is 32.1. The smallest absolute Gasteiger partial charge is 0.376 e. The van der Waals surface area contributed by atoms with E-state index in [-0.39, 0.29) is 5.69 Å². The molecule has 1 heterocycles. The van der Waals surface area contributed by atoms with Gasteiger partial charge in [-0.05, 0) is 35.7 Å². The maximum atomic E-state index is 12.8. The van der Waals surface area contributed by atoms with E-state index in [1.807, 2.05) is 17.5 Å². The largest absolute Gasteiger partial charge is 0.416 e. The molecule has 0 saturated heterocycles. The Hall–Kier alpha value is -2.28. The van der Waals surface area contributed by atoms with Gasteiger partial charge in [0.15, 0.2) is 0 Å². The molecule has 23 heavy (non-hydrogen) atoms. The summed E-state index contributed by atoms with van der Waals surface area (Å²) in [7, 11) is 3.39. The third-order valence-corrected chi connectivity index (χ3v) is 3.84. The minimum absolute atomic E-state index is 0.116. The van der Waals surface area contributed by atoms with E-state index in [4.69, 9.17) is 0 Å². The van der Waals surface area contributed by atoms with Gasteiger partial charge in [-0.15, -0.1) is 11.3 Å². The van der Waals surface area contributed by atoms with Crippen molar-refractivity contribution in [2.45, 2.75) is 6.18 Å². The van der Waals surface area contributed by atoms with Crippen molar-refractivity contribution in [1.82, 2.24) is 0 Å². The minimum Gasteiger partial charge on any atom is -0.376 e. The van der Waals surface area contributed by atoms with Gasteiger partial charge >= 0.3 is 6.18 Å². The van der Waals surface area contributed by atoms with Gasteiger partial charge in [-0.2, -0.15) is 13.2 Å². The fraction of sp³-hybridized carbons (Fsp3) is 0.188. The van der Waals surface area contributed by atoms with Crippen LogP contribution in [0.2, 0.25) is 0 Å². The second-order valence-corrected chi connectivity index (χ2v) is 5.94. The lowest BCUT2D eigenvalue weighted by Crippen LogP contribution is -2.16. The van der Waals surface area contributed by atoms with Crippen LogP contribution in [0.25, 0.3) is 6.08 Å². The summed E-state index contributed by atoms with van der Waals surface area (Å²) >= 11 is 1.46. The van der Waals surface area contributed by atoms with E-state index in [2.05, 4.69) is 5.32 Å². The average Bonchev–Trinajstić information content (AvgIpc) is 2.97. The lowest BCUT2D eigenvalue weighted by atomic mass is 10.1. The molecule has 0 fully saturated rings. The molecule has 1 aromatic carbocycles. The van der Waals surface area contributed by atoms with Crippen molar-refractivity contribution < 1.29 is 18.0 Å². The molecule has 1 amide bonds. The predicted molar refractivity (Wildman–Crippen MR) is 87.8 cm³/mol. The summed E-state index contributed by atoms with van der Waals surface area (Å²) in [6.07, 6.45) is -1.55. The maximum absolute atomic E-state index is 12.8. The number of thiophene rings is 1. The van der Waals surface area contributed by atoms with Crippen LogP contribution in [0.15, 0.2) is 41.8 Å². The van der Waals surface area contributed by atoms with E-state index in [9.17, 15) is 18.0 Å². The topological polar surface area (TPSA) is 32.3 Å². The van der Waals surface area contributed by atoms with Crippen LogP contribution in [0.4, 0.5) is 24.5 Å². The molecule has 0 unspecified atom stereocenters. The molecule has 122 valence electrons. The first kappa shape index (κ1) is 17.1. The average molecular weight is 340 g/mol. The summed E-state index contributed by atoms with van der Waals surface area (Å²) in [4.78, 5) is 14.5. The zero-order valence-electron chi connectivity index (χ0n) is 12.5. The summed E-state index contributed by atoms with van der Waals surface area (Å²) < 4.78 is 38.5. The number of alkyl halides is 3. The van der Waals surface area contributed by atoms with Crippen molar-refractivity contribution in [1.29, 1.82) is 0 Å². The van der Waals surface area contributed by atoms with Crippen molar-refractivity contribution in [2.75, 3.05) is 24.3 Å². The molecule has 1 aromatic heterocycles. The lowest BCUT2D eigenvalue weighted by Gasteiger charge is -2.19. The monoisotopic (exact) mass is 340 g/mol. The van der Waals surface area contributed by atoms with Gasteiger partial charge in [0.1, 0.15) is 0 Å². The first-order valence-corrected chi connectivity index (χ1v) is 7.56. The van der Waals surface area contributed by atoms with Gasteiger partial charge in [-0.3, -0.25) is 4.79 Å². The molecule has 2 aromatic rings. The van der Waals surface area contributed by atoms with Crippen molar-refractivity contribution in [3.8, 4) is 0 Å². The number of amides is 1. The van der Waals surface area contributed by atoms with Crippen LogP contribution in [0, 0.1) is 0 Å². The number of benzene rings is 1. The van der Waals surface area contributed by atoms with Crippen LogP contribution >= 0.6 is 11.3 Å². The summed E-state index contributed by atoms with van der Waals surface area (Å²) in [5, 5.41) is 4.37. The van der Waals surface area contributed by atoms with Gasteiger partial charge in [-0.1, -0.05) is 6.07 Å². The van der Waals surface area contributed by atoms with Crippen molar-refractivity contribution in [3.05, 3.63) is 52.2 Å². The quantitative estimate of drug-likeness (QED) is 0.832. The van der Waals surface area contributed by atoms with Crippen LogP contribution in [0.3, 0.4) is 0 Å². The summed E-state index contributed by atoms with van der Waals surface area (Å²) in [6, 6.07) is 6.95. The Morgan fingerprint density at radius 2 is 2.00 bits per heavy atom. The minimum atomic E-state index is -4.46. The lowest BCUT2D eigenvalue weighted by molar-refractivity contribution is -0.137. The van der Waals surface area contributed by atoms with Gasteiger partial charge < -0.3 is 10.2 Å². The predicted octanol–water partition coefficient (Wildman–Crippen LogP) is 4.48. The molecule has 0 aliphatic carbocycles. The van der Waals surface area contributed by atoms with Gasteiger partial charge in [0.05, 0.1) is 16.9 Å². The fourth-order valence-electron chi connectivity index (χ4n) is 1.92. The molecule has 1 N–H and O–H groups in total. The van der Waals surface area contributed by atoms with Crippen LogP contribution in [0.5, 0.6) is 0 Å². The molecule has 2 rings (SSSR count). The van der Waals surface area contributed by atoms with Crippen molar-refractivity contribution >= 4 is 34.7 Å². The standard InChI is InChI=1S/C16H15F3N2OS/c1-21(2)14-7-5-11(16(17,18)19)10-13(14)20-15(22)8-6-12-4-3-9-23-12/h3-10H,1-2H3,(H,20,22)/b8-6+. The molecule has 0 aliphatic rings. The van der Waals surface area contributed by atoms with Gasteiger partial charge in [0, 0.05) is 25.0 Å². The number of nitrogens with zero attached hydrogens (tertiary/aromatic N) is 1. The first-order valence-electron chi connectivity index (χ1n) is 6.68. The Labute approximate surface area is 136 Å². The Bertz CT molecular complexity index is 707. The number of anilines is 2. The number of hydrogen-bond acceptors (Lipinski definition) is 3. The second-order valence-electron chi connectivity index (χ2n) is 4.96.